The molecule has 0 aliphatic rings. The molecule has 0 saturated carbocycles. The third-order valence-electron chi connectivity index (χ3n) is 3.56. The second-order valence-electron chi connectivity index (χ2n) is 5.96. The molecule has 21 heavy (non-hydrogen) atoms. The van der Waals surface area contributed by atoms with Crippen molar-refractivity contribution in [3.63, 3.8) is 0 Å². The summed E-state index contributed by atoms with van der Waals surface area (Å²) in [6.07, 6.45) is 2.06. The normalized spacial score (nSPS) is 12.6. The Balaban J connectivity index is 2.12. The quantitative estimate of drug-likeness (QED) is 0.885. The number of aromatic nitrogens is 1. The van der Waals surface area contributed by atoms with Gasteiger partial charge in [0.2, 0.25) is 0 Å². The number of benzene rings is 1. The molecule has 2 rings (SSSR count). The van der Waals surface area contributed by atoms with E-state index in [0.717, 1.165) is 23.6 Å². The SMILES string of the molecule is CC(C)CCC(C)NC(=O)c1cc2ccccc2c(N)n1. The van der Waals surface area contributed by atoms with E-state index in [-0.39, 0.29) is 11.9 Å². The van der Waals surface area contributed by atoms with Crippen molar-refractivity contribution in [1.82, 2.24) is 10.3 Å². The molecule has 0 aliphatic carbocycles. The van der Waals surface area contributed by atoms with Gasteiger partial charge in [0.15, 0.2) is 0 Å². The first-order valence-electron chi connectivity index (χ1n) is 7.43. The van der Waals surface area contributed by atoms with Crippen LogP contribution in [0.25, 0.3) is 10.8 Å². The Kier molecular flexibility index (Phi) is 4.78. The first-order chi connectivity index (χ1) is 9.97. The van der Waals surface area contributed by atoms with Gasteiger partial charge in [-0.3, -0.25) is 4.79 Å². The van der Waals surface area contributed by atoms with Crippen LogP contribution in [0, 0.1) is 5.92 Å². The van der Waals surface area contributed by atoms with Gasteiger partial charge in [0.1, 0.15) is 11.5 Å². The molecule has 1 heterocycles. The molecule has 0 aliphatic heterocycles. The summed E-state index contributed by atoms with van der Waals surface area (Å²) in [5.74, 6) is 0.871. The molecule has 4 heteroatoms. The topological polar surface area (TPSA) is 68.0 Å². The highest BCUT2D eigenvalue weighted by Crippen LogP contribution is 2.20. The summed E-state index contributed by atoms with van der Waals surface area (Å²) < 4.78 is 0. The number of nitrogens with two attached hydrogens (primary N) is 1. The second-order valence-corrected chi connectivity index (χ2v) is 5.96. The van der Waals surface area contributed by atoms with E-state index in [1.165, 1.54) is 0 Å². The van der Waals surface area contributed by atoms with E-state index in [2.05, 4.69) is 24.1 Å². The van der Waals surface area contributed by atoms with E-state index in [1.54, 1.807) is 6.07 Å². The first kappa shape index (κ1) is 15.3. The number of hydrogen-bond acceptors (Lipinski definition) is 3. The van der Waals surface area contributed by atoms with Crippen LogP contribution in [0.15, 0.2) is 30.3 Å². The first-order valence-corrected chi connectivity index (χ1v) is 7.43. The number of fused-ring (bicyclic) bond motifs is 1. The van der Waals surface area contributed by atoms with Crippen molar-refractivity contribution in [3.8, 4) is 0 Å². The molecule has 1 aromatic carbocycles. The van der Waals surface area contributed by atoms with Crippen LogP contribution in [0.1, 0.15) is 44.1 Å². The van der Waals surface area contributed by atoms with Gasteiger partial charge < -0.3 is 11.1 Å². The van der Waals surface area contributed by atoms with Gasteiger partial charge in [0.05, 0.1) is 0 Å². The van der Waals surface area contributed by atoms with Gasteiger partial charge in [-0.25, -0.2) is 4.98 Å². The lowest BCUT2D eigenvalue weighted by molar-refractivity contribution is 0.0932. The Morgan fingerprint density at radius 1 is 1.24 bits per heavy atom. The molecule has 2 aromatic rings. The number of pyridine rings is 1. The van der Waals surface area contributed by atoms with Crippen molar-refractivity contribution < 1.29 is 4.79 Å². The van der Waals surface area contributed by atoms with E-state index in [4.69, 9.17) is 5.73 Å². The maximum absolute atomic E-state index is 12.3. The molecule has 1 atom stereocenters. The standard InChI is InChI=1S/C17H23N3O/c1-11(2)8-9-12(3)19-17(21)15-10-13-6-4-5-7-14(13)16(18)20-15/h4-7,10-12H,8-9H2,1-3H3,(H2,18,20)(H,19,21). The third-order valence-corrected chi connectivity index (χ3v) is 3.56. The molecule has 0 bridgehead atoms. The highest BCUT2D eigenvalue weighted by molar-refractivity contribution is 5.99. The zero-order chi connectivity index (χ0) is 15.4. The van der Waals surface area contributed by atoms with Crippen LogP contribution >= 0.6 is 0 Å². The summed E-state index contributed by atoms with van der Waals surface area (Å²) >= 11 is 0. The zero-order valence-corrected chi connectivity index (χ0v) is 12.9. The van der Waals surface area contributed by atoms with E-state index >= 15 is 0 Å². The van der Waals surface area contributed by atoms with E-state index < -0.39 is 0 Å². The average molecular weight is 285 g/mol. The molecule has 4 nitrogen and oxygen atoms in total. The molecule has 1 amide bonds. The van der Waals surface area contributed by atoms with Crippen LogP contribution < -0.4 is 11.1 Å². The Morgan fingerprint density at radius 2 is 1.95 bits per heavy atom. The van der Waals surface area contributed by atoms with Gasteiger partial charge in [-0.2, -0.15) is 0 Å². The second kappa shape index (κ2) is 6.57. The van der Waals surface area contributed by atoms with Crippen molar-refractivity contribution in [3.05, 3.63) is 36.0 Å². The van der Waals surface area contributed by atoms with E-state index in [1.807, 2.05) is 31.2 Å². The number of rotatable bonds is 5. The number of carbonyl (C=O) groups is 1. The Hall–Kier alpha value is -2.10. The average Bonchev–Trinajstić information content (AvgIpc) is 2.45. The summed E-state index contributed by atoms with van der Waals surface area (Å²) in [6.45, 7) is 6.38. The molecular formula is C17H23N3O. The van der Waals surface area contributed by atoms with E-state index in [9.17, 15) is 4.79 Å². The van der Waals surface area contributed by atoms with Crippen molar-refractivity contribution in [1.29, 1.82) is 0 Å². The number of hydrogen-bond donors (Lipinski definition) is 2. The van der Waals surface area contributed by atoms with Crippen molar-refractivity contribution in [2.45, 2.75) is 39.7 Å². The van der Waals surface area contributed by atoms with Gasteiger partial charge >= 0.3 is 0 Å². The lowest BCUT2D eigenvalue weighted by Gasteiger charge is -2.15. The van der Waals surface area contributed by atoms with E-state index in [0.29, 0.717) is 17.4 Å². The number of nitrogens with one attached hydrogen (secondary N) is 1. The van der Waals surface area contributed by atoms with Gasteiger partial charge in [-0.1, -0.05) is 38.1 Å². The highest BCUT2D eigenvalue weighted by atomic mass is 16.1. The number of amides is 1. The van der Waals surface area contributed by atoms with Gasteiger partial charge in [0, 0.05) is 11.4 Å². The summed E-state index contributed by atoms with van der Waals surface area (Å²) in [6, 6.07) is 9.60. The van der Waals surface area contributed by atoms with Crippen LogP contribution in [0.4, 0.5) is 5.82 Å². The van der Waals surface area contributed by atoms with Crippen molar-refractivity contribution in [2.75, 3.05) is 5.73 Å². The van der Waals surface area contributed by atoms with Crippen LogP contribution in [-0.4, -0.2) is 16.9 Å². The van der Waals surface area contributed by atoms with Crippen LogP contribution in [0.3, 0.4) is 0 Å². The molecule has 0 radical (unpaired) electrons. The van der Waals surface area contributed by atoms with Crippen molar-refractivity contribution in [2.24, 2.45) is 5.92 Å². The maximum Gasteiger partial charge on any atom is 0.270 e. The Bertz CT molecular complexity index is 637. The minimum atomic E-state index is -0.163. The fraction of sp³-hybridized carbons (Fsp3) is 0.412. The maximum atomic E-state index is 12.3. The lowest BCUT2D eigenvalue weighted by Crippen LogP contribution is -2.33. The molecule has 1 aromatic heterocycles. The van der Waals surface area contributed by atoms with Gasteiger partial charge in [-0.05, 0) is 37.1 Å². The molecule has 3 N–H and O–H groups in total. The summed E-state index contributed by atoms with van der Waals surface area (Å²) in [5, 5.41) is 4.80. The molecule has 0 fully saturated rings. The Labute approximate surface area is 125 Å². The van der Waals surface area contributed by atoms with Crippen LogP contribution in [0.2, 0.25) is 0 Å². The monoisotopic (exact) mass is 285 g/mol. The number of nitrogen functional groups attached to an aromatic ring is 1. The predicted octanol–water partition coefficient (Wildman–Crippen LogP) is 3.37. The highest BCUT2D eigenvalue weighted by Gasteiger charge is 2.13. The largest absolute Gasteiger partial charge is 0.383 e. The Morgan fingerprint density at radius 3 is 2.67 bits per heavy atom. The summed E-state index contributed by atoms with van der Waals surface area (Å²) in [5.41, 5.74) is 6.31. The minimum absolute atomic E-state index is 0.134. The molecule has 0 saturated heterocycles. The van der Waals surface area contributed by atoms with Crippen LogP contribution in [-0.2, 0) is 0 Å². The van der Waals surface area contributed by atoms with Crippen LogP contribution in [0.5, 0.6) is 0 Å². The third kappa shape index (κ3) is 3.94. The van der Waals surface area contributed by atoms with Gasteiger partial charge in [-0.15, -0.1) is 0 Å². The number of carbonyl (C=O) groups excluding carboxylic acids is 1. The molecule has 0 spiro atoms. The van der Waals surface area contributed by atoms with Crippen molar-refractivity contribution >= 4 is 22.5 Å². The minimum Gasteiger partial charge on any atom is -0.383 e. The fourth-order valence-electron chi connectivity index (χ4n) is 2.30. The summed E-state index contributed by atoms with van der Waals surface area (Å²) in [7, 11) is 0. The smallest absolute Gasteiger partial charge is 0.270 e. The molecular weight excluding hydrogens is 262 g/mol. The summed E-state index contributed by atoms with van der Waals surface area (Å²) in [4.78, 5) is 16.5. The zero-order valence-electron chi connectivity index (χ0n) is 12.9. The number of nitrogens with zero attached hydrogens (tertiary/aromatic N) is 1. The molecule has 112 valence electrons. The lowest BCUT2D eigenvalue weighted by atomic mass is 10.0. The number of anilines is 1. The predicted molar refractivity (Wildman–Crippen MR) is 87.2 cm³/mol. The fourth-order valence-corrected chi connectivity index (χ4v) is 2.30. The van der Waals surface area contributed by atoms with Gasteiger partial charge in [0.25, 0.3) is 5.91 Å². The molecule has 1 unspecified atom stereocenters.